The Morgan fingerprint density at radius 2 is 1.68 bits per heavy atom. The third-order valence-corrected chi connectivity index (χ3v) is 2.96. The van der Waals surface area contributed by atoms with Gasteiger partial charge in [0, 0.05) is 5.82 Å². The van der Waals surface area contributed by atoms with Gasteiger partial charge in [-0.15, -0.1) is 9.24 Å². The van der Waals surface area contributed by atoms with Crippen molar-refractivity contribution in [1.82, 2.24) is 0 Å². The Hall–Kier alpha value is -1.47. The minimum atomic E-state index is 0.218. The van der Waals surface area contributed by atoms with Crippen molar-refractivity contribution in [3.8, 4) is 11.5 Å². The van der Waals surface area contributed by atoms with Crippen LogP contribution in [0, 0.1) is 0 Å². The zero-order valence-electron chi connectivity index (χ0n) is 11.0. The van der Waals surface area contributed by atoms with Crippen molar-refractivity contribution in [2.45, 2.75) is 12.7 Å². The second-order valence-corrected chi connectivity index (χ2v) is 5.09. The second-order valence-electron chi connectivity index (χ2n) is 4.42. The van der Waals surface area contributed by atoms with E-state index in [0.717, 1.165) is 16.8 Å². The summed E-state index contributed by atoms with van der Waals surface area (Å²) in [5.41, 5.74) is 0. The van der Waals surface area contributed by atoms with Crippen LogP contribution in [0.25, 0.3) is 0 Å². The first-order valence-electron chi connectivity index (χ1n) is 6.27. The van der Waals surface area contributed by atoms with Gasteiger partial charge < -0.3 is 9.39 Å². The van der Waals surface area contributed by atoms with Crippen molar-refractivity contribution in [2.24, 2.45) is 0 Å². The molecule has 2 atom stereocenters. The molecule has 2 unspecified atom stereocenters. The Labute approximate surface area is 117 Å². The minimum Gasteiger partial charge on any atom is -0.563 e. The standard InChI is InChI=1S/C15H17BO2P/c1-12(16-18-14-5-3-2-4-6-14)11-17-13-7-9-15(19)10-8-13/h2-10,12H,11,19H2,1H3. The van der Waals surface area contributed by atoms with E-state index >= 15 is 0 Å². The zero-order valence-corrected chi connectivity index (χ0v) is 12.1. The number of para-hydroxylation sites is 1. The molecule has 0 fully saturated rings. The van der Waals surface area contributed by atoms with E-state index in [-0.39, 0.29) is 5.82 Å². The van der Waals surface area contributed by atoms with E-state index in [4.69, 9.17) is 9.39 Å². The average molecular weight is 271 g/mol. The number of hydrogen-bond donors (Lipinski definition) is 0. The highest BCUT2D eigenvalue weighted by atomic mass is 31.0. The van der Waals surface area contributed by atoms with Crippen LogP contribution >= 0.6 is 9.24 Å². The zero-order chi connectivity index (χ0) is 13.5. The predicted octanol–water partition coefficient (Wildman–Crippen LogP) is 3.07. The van der Waals surface area contributed by atoms with Crippen LogP contribution in [0.5, 0.6) is 11.5 Å². The largest absolute Gasteiger partial charge is 0.563 e. The fourth-order valence-electron chi connectivity index (χ4n) is 1.52. The second kappa shape index (κ2) is 7.20. The summed E-state index contributed by atoms with van der Waals surface area (Å²) >= 11 is 0. The summed E-state index contributed by atoms with van der Waals surface area (Å²) in [5, 5.41) is 1.15. The maximum absolute atomic E-state index is 5.69. The van der Waals surface area contributed by atoms with E-state index in [1.165, 1.54) is 0 Å². The van der Waals surface area contributed by atoms with E-state index in [0.29, 0.717) is 6.61 Å². The van der Waals surface area contributed by atoms with Crippen LogP contribution in [0.15, 0.2) is 54.6 Å². The minimum absolute atomic E-state index is 0.218. The van der Waals surface area contributed by atoms with Crippen molar-refractivity contribution < 1.29 is 9.39 Å². The van der Waals surface area contributed by atoms with Gasteiger partial charge in [-0.25, -0.2) is 0 Å². The van der Waals surface area contributed by atoms with E-state index in [1.807, 2.05) is 54.6 Å². The molecule has 0 aliphatic rings. The highest BCUT2D eigenvalue weighted by Crippen LogP contribution is 2.14. The fourth-order valence-corrected chi connectivity index (χ4v) is 1.72. The lowest BCUT2D eigenvalue weighted by Crippen LogP contribution is -2.15. The van der Waals surface area contributed by atoms with Crippen LogP contribution in [0.4, 0.5) is 0 Å². The van der Waals surface area contributed by atoms with E-state index in [9.17, 15) is 0 Å². The van der Waals surface area contributed by atoms with Crippen LogP contribution in [0.1, 0.15) is 6.92 Å². The summed E-state index contributed by atoms with van der Waals surface area (Å²) in [7, 11) is 4.46. The molecule has 0 saturated carbocycles. The molecule has 2 nitrogen and oxygen atoms in total. The summed E-state index contributed by atoms with van der Waals surface area (Å²) in [6, 6.07) is 17.7. The molecule has 0 aromatic heterocycles. The smallest absolute Gasteiger partial charge is 0.376 e. The molecule has 0 saturated heterocycles. The third kappa shape index (κ3) is 4.96. The molecule has 1 radical (unpaired) electrons. The lowest BCUT2D eigenvalue weighted by atomic mass is 9.82. The summed E-state index contributed by atoms with van der Waals surface area (Å²) in [5.74, 6) is 1.95. The summed E-state index contributed by atoms with van der Waals surface area (Å²) in [6.45, 7) is 2.66. The molecule has 19 heavy (non-hydrogen) atoms. The van der Waals surface area contributed by atoms with Gasteiger partial charge in [0.05, 0.1) is 12.4 Å². The van der Waals surface area contributed by atoms with Gasteiger partial charge in [-0.3, -0.25) is 0 Å². The molecule has 0 amide bonds. The Bertz CT molecular complexity index is 487. The molecule has 0 aliphatic heterocycles. The third-order valence-electron chi connectivity index (χ3n) is 2.57. The van der Waals surface area contributed by atoms with Crippen LogP contribution in [0.2, 0.25) is 5.82 Å². The van der Waals surface area contributed by atoms with Crippen molar-refractivity contribution in [3.05, 3.63) is 54.6 Å². The number of rotatable bonds is 6. The monoisotopic (exact) mass is 271 g/mol. The van der Waals surface area contributed by atoms with Crippen molar-refractivity contribution in [2.75, 3.05) is 6.61 Å². The molecule has 0 heterocycles. The molecular formula is C15H17BO2P. The average Bonchev–Trinajstić information content (AvgIpc) is 2.45. The van der Waals surface area contributed by atoms with E-state index in [1.54, 1.807) is 7.48 Å². The van der Waals surface area contributed by atoms with Gasteiger partial charge in [0.1, 0.15) is 5.75 Å². The van der Waals surface area contributed by atoms with Crippen LogP contribution in [-0.4, -0.2) is 14.1 Å². The van der Waals surface area contributed by atoms with Gasteiger partial charge >= 0.3 is 7.48 Å². The first-order chi connectivity index (χ1) is 9.24. The Balaban J connectivity index is 1.72. The Morgan fingerprint density at radius 1 is 1.00 bits per heavy atom. The normalized spacial score (nSPS) is 11.7. The molecule has 0 spiro atoms. The van der Waals surface area contributed by atoms with Crippen molar-refractivity contribution >= 4 is 22.0 Å². The lowest BCUT2D eigenvalue weighted by molar-refractivity contribution is 0.312. The molecule has 97 valence electrons. The predicted molar refractivity (Wildman–Crippen MR) is 83.5 cm³/mol. The molecule has 2 aromatic rings. The molecule has 2 rings (SSSR count). The molecule has 2 aromatic carbocycles. The first kappa shape index (κ1) is 14.0. The maximum Gasteiger partial charge on any atom is 0.376 e. The van der Waals surface area contributed by atoms with Gasteiger partial charge in [-0.1, -0.05) is 37.3 Å². The highest BCUT2D eigenvalue weighted by molar-refractivity contribution is 7.27. The van der Waals surface area contributed by atoms with E-state index < -0.39 is 0 Å². The fraction of sp³-hybridized carbons (Fsp3) is 0.200. The summed E-state index contributed by atoms with van der Waals surface area (Å²) in [4.78, 5) is 0. The van der Waals surface area contributed by atoms with Crippen molar-refractivity contribution in [3.63, 3.8) is 0 Å². The summed E-state index contributed by atoms with van der Waals surface area (Å²) < 4.78 is 11.3. The first-order valence-corrected chi connectivity index (χ1v) is 6.85. The lowest BCUT2D eigenvalue weighted by Gasteiger charge is -2.12. The van der Waals surface area contributed by atoms with Gasteiger partial charge in [-0.05, 0) is 29.6 Å². The number of hydrogen-bond acceptors (Lipinski definition) is 2. The topological polar surface area (TPSA) is 18.5 Å². The van der Waals surface area contributed by atoms with Crippen LogP contribution < -0.4 is 14.7 Å². The maximum atomic E-state index is 5.69. The van der Waals surface area contributed by atoms with Gasteiger partial charge in [-0.2, -0.15) is 0 Å². The molecular weight excluding hydrogens is 254 g/mol. The molecule has 0 bridgehead atoms. The van der Waals surface area contributed by atoms with Crippen LogP contribution in [-0.2, 0) is 0 Å². The van der Waals surface area contributed by atoms with Gasteiger partial charge in [0.2, 0.25) is 0 Å². The Kier molecular flexibility index (Phi) is 5.29. The molecule has 0 N–H and O–H groups in total. The van der Waals surface area contributed by atoms with Gasteiger partial charge in [0.15, 0.2) is 0 Å². The highest BCUT2D eigenvalue weighted by Gasteiger charge is 2.08. The van der Waals surface area contributed by atoms with Crippen LogP contribution in [0.3, 0.4) is 0 Å². The molecule has 0 aliphatic carbocycles. The van der Waals surface area contributed by atoms with E-state index in [2.05, 4.69) is 16.2 Å². The summed E-state index contributed by atoms with van der Waals surface area (Å²) in [6.07, 6.45) is 0. The quantitative estimate of drug-likeness (QED) is 0.593. The number of benzene rings is 2. The number of ether oxygens (including phenoxy) is 1. The van der Waals surface area contributed by atoms with Gasteiger partial charge in [0.25, 0.3) is 0 Å². The Morgan fingerprint density at radius 3 is 2.37 bits per heavy atom. The molecule has 4 heteroatoms. The SMILES string of the molecule is CC([B]Oc1ccccc1)COc1ccc(P)cc1. The van der Waals surface area contributed by atoms with Crippen molar-refractivity contribution in [1.29, 1.82) is 0 Å².